The highest BCUT2D eigenvalue weighted by atomic mass is 16.3. The molecule has 1 heterocycles. The molecule has 1 N–H and O–H groups in total. The van der Waals surface area contributed by atoms with Crippen molar-refractivity contribution in [2.24, 2.45) is 5.92 Å². The third kappa shape index (κ3) is 2.52. The van der Waals surface area contributed by atoms with Gasteiger partial charge in [-0.1, -0.05) is 6.92 Å². The van der Waals surface area contributed by atoms with Crippen molar-refractivity contribution in [1.29, 1.82) is 0 Å². The molecular weight excluding hydrogens is 170 g/mol. The van der Waals surface area contributed by atoms with Crippen LogP contribution in [0.3, 0.4) is 0 Å². The zero-order valence-corrected chi connectivity index (χ0v) is 7.82. The van der Waals surface area contributed by atoms with Gasteiger partial charge in [0.15, 0.2) is 0 Å². The van der Waals surface area contributed by atoms with E-state index in [2.05, 4.69) is 0 Å². The molecule has 4 nitrogen and oxygen atoms in total. The van der Waals surface area contributed by atoms with E-state index in [4.69, 9.17) is 5.11 Å². The Morgan fingerprint density at radius 3 is 2.38 bits per heavy atom. The summed E-state index contributed by atoms with van der Waals surface area (Å²) >= 11 is 0. The summed E-state index contributed by atoms with van der Waals surface area (Å²) in [5.74, 6) is -0.223. The first-order valence-corrected chi connectivity index (χ1v) is 4.59. The molecule has 0 aliphatic carbocycles. The fraction of sp³-hybridized carbons (Fsp3) is 0.778. The van der Waals surface area contributed by atoms with E-state index in [1.54, 1.807) is 0 Å². The van der Waals surface area contributed by atoms with Crippen molar-refractivity contribution < 1.29 is 14.7 Å². The van der Waals surface area contributed by atoms with Crippen LogP contribution in [-0.2, 0) is 9.59 Å². The molecule has 1 atom stereocenters. The molecule has 1 aliphatic heterocycles. The van der Waals surface area contributed by atoms with Crippen molar-refractivity contribution in [2.75, 3.05) is 13.2 Å². The molecule has 4 heteroatoms. The summed E-state index contributed by atoms with van der Waals surface area (Å²) in [7, 11) is 0. The highest BCUT2D eigenvalue weighted by Crippen LogP contribution is 2.13. The molecule has 0 aromatic heterocycles. The zero-order valence-electron chi connectivity index (χ0n) is 7.82. The van der Waals surface area contributed by atoms with E-state index in [0.29, 0.717) is 25.8 Å². The van der Waals surface area contributed by atoms with E-state index in [-0.39, 0.29) is 24.3 Å². The van der Waals surface area contributed by atoms with E-state index in [0.717, 1.165) is 0 Å². The summed E-state index contributed by atoms with van der Waals surface area (Å²) in [4.78, 5) is 23.8. The fourth-order valence-electron chi connectivity index (χ4n) is 1.37. The maximum Gasteiger partial charge on any atom is 0.229 e. The second-order valence-electron chi connectivity index (χ2n) is 3.54. The molecule has 1 saturated heterocycles. The molecule has 0 radical (unpaired) electrons. The average Bonchev–Trinajstić information content (AvgIpc) is 2.11. The van der Waals surface area contributed by atoms with Gasteiger partial charge in [-0.05, 0) is 12.3 Å². The van der Waals surface area contributed by atoms with Crippen LogP contribution in [0, 0.1) is 5.92 Å². The molecule has 74 valence electrons. The topological polar surface area (TPSA) is 57.6 Å². The Hall–Kier alpha value is -0.900. The number of hydrogen-bond donors (Lipinski definition) is 1. The molecule has 1 unspecified atom stereocenters. The number of aliphatic hydroxyl groups is 1. The van der Waals surface area contributed by atoms with Crippen molar-refractivity contribution in [2.45, 2.75) is 26.2 Å². The summed E-state index contributed by atoms with van der Waals surface area (Å²) in [5, 5.41) is 8.79. The number of amides is 2. The lowest BCUT2D eigenvalue weighted by Crippen LogP contribution is -2.43. The van der Waals surface area contributed by atoms with Crippen LogP contribution in [-0.4, -0.2) is 35.0 Å². The van der Waals surface area contributed by atoms with Gasteiger partial charge in [0, 0.05) is 26.0 Å². The standard InChI is InChI=1S/C9H15NO3/c1-7(6-11)5-10-8(12)3-2-4-9(10)13/h7,11H,2-6H2,1H3. The molecule has 0 aromatic carbocycles. The van der Waals surface area contributed by atoms with Crippen LogP contribution in [0.2, 0.25) is 0 Å². The SMILES string of the molecule is CC(CO)CN1C(=O)CCCC1=O. The highest BCUT2D eigenvalue weighted by molar-refractivity contribution is 5.97. The lowest BCUT2D eigenvalue weighted by atomic mass is 10.1. The third-order valence-corrected chi connectivity index (χ3v) is 2.19. The Labute approximate surface area is 77.5 Å². The monoisotopic (exact) mass is 185 g/mol. The molecule has 0 bridgehead atoms. The Balaban J connectivity index is 2.54. The van der Waals surface area contributed by atoms with E-state index >= 15 is 0 Å². The first kappa shape index (κ1) is 10.2. The lowest BCUT2D eigenvalue weighted by Gasteiger charge is -2.26. The summed E-state index contributed by atoms with van der Waals surface area (Å²) in [6.07, 6.45) is 1.59. The molecule has 0 saturated carbocycles. The normalized spacial score (nSPS) is 20.6. The number of carbonyl (C=O) groups is 2. The minimum absolute atomic E-state index is 0.0110. The van der Waals surface area contributed by atoms with Gasteiger partial charge in [-0.25, -0.2) is 0 Å². The van der Waals surface area contributed by atoms with Crippen LogP contribution in [0.4, 0.5) is 0 Å². The minimum Gasteiger partial charge on any atom is -0.396 e. The van der Waals surface area contributed by atoms with Crippen LogP contribution >= 0.6 is 0 Å². The predicted molar refractivity (Wildman–Crippen MR) is 46.8 cm³/mol. The second-order valence-corrected chi connectivity index (χ2v) is 3.54. The smallest absolute Gasteiger partial charge is 0.229 e. The van der Waals surface area contributed by atoms with Gasteiger partial charge in [-0.2, -0.15) is 0 Å². The number of aliphatic hydroxyl groups excluding tert-OH is 1. The van der Waals surface area contributed by atoms with E-state index in [1.807, 2.05) is 6.92 Å². The summed E-state index contributed by atoms with van der Waals surface area (Å²) < 4.78 is 0. The van der Waals surface area contributed by atoms with Crippen molar-refractivity contribution in [3.8, 4) is 0 Å². The van der Waals surface area contributed by atoms with Crippen LogP contribution in [0.25, 0.3) is 0 Å². The zero-order chi connectivity index (χ0) is 9.84. The predicted octanol–water partition coefficient (Wildman–Crippen LogP) is 0.154. The number of hydrogen-bond acceptors (Lipinski definition) is 3. The number of carbonyl (C=O) groups excluding carboxylic acids is 2. The maximum absolute atomic E-state index is 11.3. The molecule has 2 amide bonds. The number of nitrogens with zero attached hydrogens (tertiary/aromatic N) is 1. The van der Waals surface area contributed by atoms with Crippen molar-refractivity contribution in [1.82, 2.24) is 4.90 Å². The minimum atomic E-state index is -0.100. The van der Waals surface area contributed by atoms with Gasteiger partial charge in [-0.3, -0.25) is 14.5 Å². The molecule has 0 aromatic rings. The van der Waals surface area contributed by atoms with E-state index in [1.165, 1.54) is 4.90 Å². The molecule has 1 aliphatic rings. The number of likely N-dealkylation sites (tertiary alicyclic amines) is 1. The van der Waals surface area contributed by atoms with Crippen molar-refractivity contribution >= 4 is 11.8 Å². The molecule has 1 fully saturated rings. The largest absolute Gasteiger partial charge is 0.396 e. The van der Waals surface area contributed by atoms with Gasteiger partial charge in [0.25, 0.3) is 0 Å². The van der Waals surface area contributed by atoms with Crippen LogP contribution in [0.1, 0.15) is 26.2 Å². The first-order chi connectivity index (χ1) is 6.15. The van der Waals surface area contributed by atoms with Gasteiger partial charge in [0.05, 0.1) is 0 Å². The van der Waals surface area contributed by atoms with Crippen molar-refractivity contribution in [3.63, 3.8) is 0 Å². The molecule has 13 heavy (non-hydrogen) atoms. The van der Waals surface area contributed by atoms with Gasteiger partial charge < -0.3 is 5.11 Å². The Bertz CT molecular complexity index is 199. The second kappa shape index (κ2) is 4.37. The van der Waals surface area contributed by atoms with Gasteiger partial charge in [0.1, 0.15) is 0 Å². The quantitative estimate of drug-likeness (QED) is 0.637. The summed E-state index contributed by atoms with van der Waals surface area (Å²) in [6, 6.07) is 0. The van der Waals surface area contributed by atoms with Crippen molar-refractivity contribution in [3.05, 3.63) is 0 Å². The lowest BCUT2D eigenvalue weighted by molar-refractivity contribution is -0.148. The van der Waals surface area contributed by atoms with E-state index in [9.17, 15) is 9.59 Å². The third-order valence-electron chi connectivity index (χ3n) is 2.19. The Morgan fingerprint density at radius 2 is 1.92 bits per heavy atom. The number of imide groups is 1. The van der Waals surface area contributed by atoms with E-state index < -0.39 is 0 Å². The molecular formula is C9H15NO3. The van der Waals surface area contributed by atoms with Crippen LogP contribution in [0.5, 0.6) is 0 Å². The average molecular weight is 185 g/mol. The highest BCUT2D eigenvalue weighted by Gasteiger charge is 2.26. The van der Waals surface area contributed by atoms with Gasteiger partial charge in [-0.15, -0.1) is 0 Å². The van der Waals surface area contributed by atoms with Crippen LogP contribution < -0.4 is 0 Å². The molecule has 0 spiro atoms. The summed E-state index contributed by atoms with van der Waals surface area (Å²) in [5.41, 5.74) is 0. The van der Waals surface area contributed by atoms with Crippen LogP contribution in [0.15, 0.2) is 0 Å². The first-order valence-electron chi connectivity index (χ1n) is 4.59. The Morgan fingerprint density at radius 1 is 1.38 bits per heavy atom. The van der Waals surface area contributed by atoms with Gasteiger partial charge in [0.2, 0.25) is 11.8 Å². The number of piperidine rings is 1. The fourth-order valence-corrected chi connectivity index (χ4v) is 1.37. The summed E-state index contributed by atoms with van der Waals surface area (Å²) in [6.45, 7) is 2.18. The number of rotatable bonds is 3. The maximum atomic E-state index is 11.3. The Kier molecular flexibility index (Phi) is 3.42. The van der Waals surface area contributed by atoms with Gasteiger partial charge >= 0.3 is 0 Å². The molecule has 1 rings (SSSR count).